The quantitative estimate of drug-likeness (QED) is 0.824. The lowest BCUT2D eigenvalue weighted by atomic mass is 10.0. The third-order valence-electron chi connectivity index (χ3n) is 3.12. The van der Waals surface area contributed by atoms with Crippen molar-refractivity contribution in [2.75, 3.05) is 7.05 Å². The number of aromatic hydroxyl groups is 1. The van der Waals surface area contributed by atoms with Crippen molar-refractivity contribution in [2.24, 2.45) is 0 Å². The molecule has 0 saturated carbocycles. The van der Waals surface area contributed by atoms with Crippen LogP contribution in [-0.2, 0) is 4.79 Å². The molecule has 2 unspecified atom stereocenters. The lowest BCUT2D eigenvalue weighted by molar-refractivity contribution is -0.143. The van der Waals surface area contributed by atoms with Crippen molar-refractivity contribution in [3.63, 3.8) is 0 Å². The minimum atomic E-state index is -0.829. The molecule has 0 bridgehead atoms. The predicted octanol–water partition coefficient (Wildman–Crippen LogP) is 2.25. The van der Waals surface area contributed by atoms with E-state index in [1.54, 1.807) is 26.1 Å². The Morgan fingerprint density at radius 3 is 2.29 bits per heavy atom. The van der Waals surface area contributed by atoms with Gasteiger partial charge in [0.1, 0.15) is 11.8 Å². The van der Waals surface area contributed by atoms with E-state index in [1.807, 2.05) is 24.0 Å². The van der Waals surface area contributed by atoms with Gasteiger partial charge in [-0.3, -0.25) is 9.69 Å². The van der Waals surface area contributed by atoms with Crippen LogP contribution >= 0.6 is 0 Å². The molecule has 0 aromatic heterocycles. The Morgan fingerprint density at radius 1 is 1.35 bits per heavy atom. The van der Waals surface area contributed by atoms with Gasteiger partial charge in [-0.15, -0.1) is 0 Å². The van der Waals surface area contributed by atoms with E-state index in [0.29, 0.717) is 0 Å². The molecule has 2 N–H and O–H groups in total. The average molecular weight is 237 g/mol. The highest BCUT2D eigenvalue weighted by atomic mass is 16.4. The first-order valence-electron chi connectivity index (χ1n) is 5.71. The first-order valence-corrected chi connectivity index (χ1v) is 5.71. The highest BCUT2D eigenvalue weighted by Crippen LogP contribution is 2.26. The minimum Gasteiger partial charge on any atom is -0.508 e. The first kappa shape index (κ1) is 13.5. The number of likely N-dealkylation sites (N-methyl/N-ethyl adjacent to an activating group) is 1. The largest absolute Gasteiger partial charge is 0.508 e. The molecule has 94 valence electrons. The maximum atomic E-state index is 11.0. The average Bonchev–Trinajstić information content (AvgIpc) is 2.31. The lowest BCUT2D eigenvalue weighted by Crippen LogP contribution is -2.38. The summed E-state index contributed by atoms with van der Waals surface area (Å²) in [6.07, 6.45) is 0.818. The second kappa shape index (κ2) is 5.68. The van der Waals surface area contributed by atoms with Gasteiger partial charge in [-0.2, -0.15) is 0 Å². The molecule has 1 aromatic rings. The van der Waals surface area contributed by atoms with Crippen molar-refractivity contribution in [3.05, 3.63) is 29.8 Å². The normalized spacial score (nSPS) is 14.6. The van der Waals surface area contributed by atoms with Gasteiger partial charge in [-0.25, -0.2) is 0 Å². The molecule has 0 radical (unpaired) electrons. The molecule has 0 heterocycles. The number of carboxylic acids is 1. The van der Waals surface area contributed by atoms with Gasteiger partial charge in [0.15, 0.2) is 0 Å². The Balaban J connectivity index is 2.91. The van der Waals surface area contributed by atoms with E-state index in [0.717, 1.165) is 12.0 Å². The van der Waals surface area contributed by atoms with E-state index in [2.05, 4.69) is 0 Å². The fraction of sp³-hybridized carbons (Fsp3) is 0.462. The van der Waals surface area contributed by atoms with Gasteiger partial charge in [-0.05, 0) is 38.1 Å². The predicted molar refractivity (Wildman–Crippen MR) is 66.0 cm³/mol. The number of aliphatic carboxylic acids is 1. The number of hydrogen-bond acceptors (Lipinski definition) is 3. The molecule has 0 amide bonds. The van der Waals surface area contributed by atoms with E-state index >= 15 is 0 Å². The summed E-state index contributed by atoms with van der Waals surface area (Å²) in [6, 6.07) is 6.41. The summed E-state index contributed by atoms with van der Waals surface area (Å²) in [6.45, 7) is 3.69. The molecule has 2 atom stereocenters. The van der Waals surface area contributed by atoms with E-state index < -0.39 is 12.0 Å². The Morgan fingerprint density at radius 2 is 1.88 bits per heavy atom. The topological polar surface area (TPSA) is 60.8 Å². The third kappa shape index (κ3) is 3.20. The molecule has 0 aliphatic heterocycles. The lowest BCUT2D eigenvalue weighted by Gasteiger charge is -2.30. The van der Waals surface area contributed by atoms with Crippen LogP contribution in [0, 0.1) is 0 Å². The van der Waals surface area contributed by atoms with Gasteiger partial charge < -0.3 is 10.2 Å². The number of benzene rings is 1. The van der Waals surface area contributed by atoms with Gasteiger partial charge in [-0.1, -0.05) is 19.1 Å². The molecule has 0 aliphatic rings. The highest BCUT2D eigenvalue weighted by Gasteiger charge is 2.24. The van der Waals surface area contributed by atoms with E-state index in [9.17, 15) is 9.90 Å². The molecule has 1 aromatic carbocycles. The fourth-order valence-electron chi connectivity index (χ4n) is 1.90. The molecular weight excluding hydrogens is 218 g/mol. The summed E-state index contributed by atoms with van der Waals surface area (Å²) in [5, 5.41) is 18.2. The van der Waals surface area contributed by atoms with Gasteiger partial charge in [0, 0.05) is 6.04 Å². The highest BCUT2D eigenvalue weighted by molar-refractivity contribution is 5.72. The van der Waals surface area contributed by atoms with Crippen LogP contribution in [0.5, 0.6) is 5.75 Å². The Hall–Kier alpha value is -1.55. The standard InChI is InChI=1S/C13H19NO3/c1-4-12(14(3)9(2)13(16)17)10-5-7-11(15)8-6-10/h5-9,12,15H,4H2,1-3H3,(H,16,17). The summed E-state index contributed by atoms with van der Waals surface area (Å²) in [5.41, 5.74) is 1.01. The van der Waals surface area contributed by atoms with Crippen molar-refractivity contribution in [1.29, 1.82) is 0 Å². The van der Waals surface area contributed by atoms with E-state index in [4.69, 9.17) is 5.11 Å². The smallest absolute Gasteiger partial charge is 0.320 e. The van der Waals surface area contributed by atoms with E-state index in [-0.39, 0.29) is 11.8 Å². The number of nitrogens with zero attached hydrogens (tertiary/aromatic N) is 1. The van der Waals surface area contributed by atoms with Crippen LogP contribution in [0.2, 0.25) is 0 Å². The van der Waals surface area contributed by atoms with Crippen molar-refractivity contribution < 1.29 is 15.0 Å². The molecule has 17 heavy (non-hydrogen) atoms. The monoisotopic (exact) mass is 237 g/mol. The van der Waals surface area contributed by atoms with Crippen LogP contribution < -0.4 is 0 Å². The number of hydrogen-bond donors (Lipinski definition) is 2. The van der Waals surface area contributed by atoms with Crippen molar-refractivity contribution in [1.82, 2.24) is 4.90 Å². The number of phenols is 1. The molecule has 0 fully saturated rings. The minimum absolute atomic E-state index is 0.0432. The summed E-state index contributed by atoms with van der Waals surface area (Å²) in [7, 11) is 1.81. The number of carbonyl (C=O) groups is 1. The molecule has 0 aliphatic carbocycles. The first-order chi connectivity index (χ1) is 7.97. The van der Waals surface area contributed by atoms with Crippen LogP contribution in [0.3, 0.4) is 0 Å². The zero-order valence-electron chi connectivity index (χ0n) is 10.4. The van der Waals surface area contributed by atoms with Gasteiger partial charge in [0.25, 0.3) is 0 Å². The number of phenolic OH excluding ortho intramolecular Hbond substituents is 1. The number of carboxylic acid groups (broad SMARTS) is 1. The van der Waals surface area contributed by atoms with Gasteiger partial charge in [0.2, 0.25) is 0 Å². The zero-order valence-corrected chi connectivity index (χ0v) is 10.4. The molecular formula is C13H19NO3. The molecule has 4 nitrogen and oxygen atoms in total. The summed E-state index contributed by atoms with van der Waals surface area (Å²) in [5.74, 6) is -0.609. The fourth-order valence-corrected chi connectivity index (χ4v) is 1.90. The van der Waals surface area contributed by atoms with E-state index in [1.165, 1.54) is 0 Å². The van der Waals surface area contributed by atoms with Crippen molar-refractivity contribution >= 4 is 5.97 Å². The number of rotatable bonds is 5. The molecule has 4 heteroatoms. The zero-order chi connectivity index (χ0) is 13.0. The second-order valence-corrected chi connectivity index (χ2v) is 4.20. The maximum Gasteiger partial charge on any atom is 0.320 e. The van der Waals surface area contributed by atoms with Crippen LogP contribution in [-0.4, -0.2) is 34.2 Å². The Kier molecular flexibility index (Phi) is 4.52. The molecule has 0 saturated heterocycles. The van der Waals surface area contributed by atoms with Crippen LogP contribution in [0.15, 0.2) is 24.3 Å². The second-order valence-electron chi connectivity index (χ2n) is 4.20. The maximum absolute atomic E-state index is 11.0. The Labute approximate surface area is 101 Å². The van der Waals surface area contributed by atoms with Crippen molar-refractivity contribution in [2.45, 2.75) is 32.4 Å². The Bertz CT molecular complexity index is 375. The summed E-state index contributed by atoms with van der Waals surface area (Å²) in [4.78, 5) is 12.8. The van der Waals surface area contributed by atoms with Crippen LogP contribution in [0.1, 0.15) is 31.9 Å². The molecule has 1 rings (SSSR count). The van der Waals surface area contributed by atoms with Crippen LogP contribution in [0.25, 0.3) is 0 Å². The molecule has 0 spiro atoms. The van der Waals surface area contributed by atoms with Gasteiger partial charge in [0.05, 0.1) is 0 Å². The summed E-state index contributed by atoms with van der Waals surface area (Å²) < 4.78 is 0. The van der Waals surface area contributed by atoms with Gasteiger partial charge >= 0.3 is 5.97 Å². The van der Waals surface area contributed by atoms with Crippen LogP contribution in [0.4, 0.5) is 0 Å². The SMILES string of the molecule is CCC(c1ccc(O)cc1)N(C)C(C)C(=O)O. The van der Waals surface area contributed by atoms with Crippen molar-refractivity contribution in [3.8, 4) is 5.75 Å². The third-order valence-corrected chi connectivity index (χ3v) is 3.12. The summed E-state index contributed by atoms with van der Waals surface area (Å²) >= 11 is 0.